The van der Waals surface area contributed by atoms with Crippen LogP contribution in [0.4, 0.5) is 13.2 Å². The molecule has 6 heteroatoms. The van der Waals surface area contributed by atoms with Crippen molar-refractivity contribution in [3.05, 3.63) is 0 Å². The molecule has 1 heterocycles. The number of nitrogens with zero attached hydrogens (tertiary/aromatic N) is 1. The lowest BCUT2D eigenvalue weighted by atomic mass is 9.91. The molecule has 0 amide bonds. The van der Waals surface area contributed by atoms with Crippen LogP contribution in [0.3, 0.4) is 0 Å². The van der Waals surface area contributed by atoms with Gasteiger partial charge in [0.1, 0.15) is 0 Å². The molecule has 1 fully saturated rings. The van der Waals surface area contributed by atoms with Gasteiger partial charge < -0.3 is 10.0 Å². The molecule has 16 heavy (non-hydrogen) atoms. The lowest BCUT2D eigenvalue weighted by molar-refractivity contribution is -0.272. The van der Waals surface area contributed by atoms with Gasteiger partial charge in [0.05, 0.1) is 0 Å². The molecular formula is C10H18F3NOS. The topological polar surface area (TPSA) is 23.5 Å². The molecule has 0 spiro atoms. The van der Waals surface area contributed by atoms with Gasteiger partial charge >= 0.3 is 6.18 Å². The van der Waals surface area contributed by atoms with E-state index < -0.39 is 11.8 Å². The molecule has 0 aliphatic carbocycles. The molecule has 1 aliphatic rings. The van der Waals surface area contributed by atoms with Crippen LogP contribution < -0.4 is 0 Å². The standard InChI is InChI=1S/C10H18F3NOS/c1-2-16-8-7-14-5-3-9(15,4-6-14)10(11,12)13/h15H,2-8H2,1H3. The van der Waals surface area contributed by atoms with E-state index in [4.69, 9.17) is 0 Å². The summed E-state index contributed by atoms with van der Waals surface area (Å²) in [6.45, 7) is 3.54. The normalized spacial score (nSPS) is 22.3. The summed E-state index contributed by atoms with van der Waals surface area (Å²) in [6.07, 6.45) is -4.89. The molecule has 0 aromatic rings. The van der Waals surface area contributed by atoms with Crippen LogP contribution in [-0.2, 0) is 0 Å². The molecule has 0 saturated carbocycles. The quantitative estimate of drug-likeness (QED) is 0.780. The SMILES string of the molecule is CCSCCN1CCC(O)(C(F)(F)F)CC1. The van der Waals surface area contributed by atoms with Crippen molar-refractivity contribution in [3.8, 4) is 0 Å². The van der Waals surface area contributed by atoms with Crippen LogP contribution in [0.2, 0.25) is 0 Å². The first kappa shape index (κ1) is 14.1. The van der Waals surface area contributed by atoms with Crippen LogP contribution in [0.25, 0.3) is 0 Å². The summed E-state index contributed by atoms with van der Waals surface area (Å²) in [7, 11) is 0. The van der Waals surface area contributed by atoms with Gasteiger partial charge in [0, 0.05) is 25.4 Å². The zero-order chi connectivity index (χ0) is 12.2. The highest BCUT2D eigenvalue weighted by atomic mass is 32.2. The van der Waals surface area contributed by atoms with Gasteiger partial charge in [0.2, 0.25) is 0 Å². The summed E-state index contributed by atoms with van der Waals surface area (Å²) in [6, 6.07) is 0. The van der Waals surface area contributed by atoms with Gasteiger partial charge in [-0.15, -0.1) is 0 Å². The van der Waals surface area contributed by atoms with E-state index in [1.165, 1.54) is 0 Å². The van der Waals surface area contributed by atoms with Crippen LogP contribution in [0.5, 0.6) is 0 Å². The van der Waals surface area contributed by atoms with Crippen LogP contribution >= 0.6 is 11.8 Å². The minimum Gasteiger partial charge on any atom is -0.380 e. The predicted molar refractivity (Wildman–Crippen MR) is 59.7 cm³/mol. The number of thioether (sulfide) groups is 1. The van der Waals surface area contributed by atoms with Crippen LogP contribution in [0.1, 0.15) is 19.8 Å². The molecule has 96 valence electrons. The van der Waals surface area contributed by atoms with Crippen LogP contribution in [0, 0.1) is 0 Å². The second kappa shape index (κ2) is 5.60. The second-order valence-corrected chi connectivity index (χ2v) is 5.46. The molecule has 0 aromatic carbocycles. The van der Waals surface area contributed by atoms with Crippen molar-refractivity contribution in [2.75, 3.05) is 31.1 Å². The van der Waals surface area contributed by atoms with Crippen molar-refractivity contribution in [1.29, 1.82) is 0 Å². The van der Waals surface area contributed by atoms with E-state index in [0.29, 0.717) is 13.1 Å². The number of piperidine rings is 1. The second-order valence-electron chi connectivity index (χ2n) is 4.07. The fourth-order valence-electron chi connectivity index (χ4n) is 1.77. The summed E-state index contributed by atoms with van der Waals surface area (Å²) in [5.41, 5.74) is -2.46. The average Bonchev–Trinajstić information content (AvgIpc) is 2.20. The molecule has 0 radical (unpaired) electrons. The van der Waals surface area contributed by atoms with Crippen molar-refractivity contribution in [2.45, 2.75) is 31.5 Å². The van der Waals surface area contributed by atoms with E-state index in [1.54, 1.807) is 11.8 Å². The molecule has 1 saturated heterocycles. The van der Waals surface area contributed by atoms with Crippen molar-refractivity contribution in [2.24, 2.45) is 0 Å². The first-order chi connectivity index (χ1) is 7.39. The third kappa shape index (κ3) is 3.53. The monoisotopic (exact) mass is 257 g/mol. The number of aliphatic hydroxyl groups is 1. The summed E-state index contributed by atoms with van der Waals surface area (Å²) >= 11 is 1.78. The third-order valence-electron chi connectivity index (χ3n) is 2.97. The highest BCUT2D eigenvalue weighted by Gasteiger charge is 2.54. The minimum atomic E-state index is -4.49. The molecule has 0 unspecified atom stereocenters. The molecule has 1 aliphatic heterocycles. The Morgan fingerprint density at radius 3 is 2.31 bits per heavy atom. The molecular weight excluding hydrogens is 239 g/mol. The summed E-state index contributed by atoms with van der Waals surface area (Å²) in [5.74, 6) is 1.97. The Morgan fingerprint density at radius 2 is 1.88 bits per heavy atom. The largest absolute Gasteiger partial charge is 0.417 e. The maximum absolute atomic E-state index is 12.5. The van der Waals surface area contributed by atoms with Gasteiger partial charge in [-0.1, -0.05) is 6.92 Å². The zero-order valence-electron chi connectivity index (χ0n) is 9.39. The van der Waals surface area contributed by atoms with E-state index in [-0.39, 0.29) is 12.8 Å². The molecule has 0 atom stereocenters. The smallest absolute Gasteiger partial charge is 0.380 e. The van der Waals surface area contributed by atoms with Gasteiger partial charge in [0.25, 0.3) is 0 Å². The fraction of sp³-hybridized carbons (Fsp3) is 1.00. The Hall–Kier alpha value is 0.0600. The molecule has 1 N–H and O–H groups in total. The summed E-state index contributed by atoms with van der Waals surface area (Å²) < 4.78 is 37.5. The van der Waals surface area contributed by atoms with Crippen LogP contribution in [0.15, 0.2) is 0 Å². The molecule has 2 nitrogen and oxygen atoms in total. The predicted octanol–water partition coefficient (Wildman–Crippen LogP) is 2.13. The summed E-state index contributed by atoms with van der Waals surface area (Å²) in [4.78, 5) is 1.99. The zero-order valence-corrected chi connectivity index (χ0v) is 10.2. The number of hydrogen-bond donors (Lipinski definition) is 1. The number of rotatable bonds is 4. The summed E-state index contributed by atoms with van der Waals surface area (Å²) in [5, 5.41) is 9.44. The highest BCUT2D eigenvalue weighted by Crippen LogP contribution is 2.38. The Bertz CT molecular complexity index is 215. The van der Waals surface area contributed by atoms with Crippen molar-refractivity contribution >= 4 is 11.8 Å². The maximum atomic E-state index is 12.5. The average molecular weight is 257 g/mol. The number of hydrogen-bond acceptors (Lipinski definition) is 3. The van der Waals surface area contributed by atoms with Crippen molar-refractivity contribution in [3.63, 3.8) is 0 Å². The third-order valence-corrected chi connectivity index (χ3v) is 3.85. The minimum absolute atomic E-state index is 0.201. The van der Waals surface area contributed by atoms with Crippen molar-refractivity contribution in [1.82, 2.24) is 4.90 Å². The lowest BCUT2D eigenvalue weighted by Gasteiger charge is -2.39. The van der Waals surface area contributed by atoms with Crippen LogP contribution in [-0.4, -0.2) is 52.9 Å². The molecule has 0 bridgehead atoms. The Morgan fingerprint density at radius 1 is 1.31 bits per heavy atom. The van der Waals surface area contributed by atoms with Gasteiger partial charge in [-0.3, -0.25) is 0 Å². The number of halogens is 3. The van der Waals surface area contributed by atoms with E-state index in [1.807, 2.05) is 4.90 Å². The van der Waals surface area contributed by atoms with E-state index in [0.717, 1.165) is 18.1 Å². The van der Waals surface area contributed by atoms with E-state index >= 15 is 0 Å². The number of likely N-dealkylation sites (tertiary alicyclic amines) is 1. The molecule has 1 rings (SSSR count). The van der Waals surface area contributed by atoms with Gasteiger partial charge in [-0.2, -0.15) is 24.9 Å². The van der Waals surface area contributed by atoms with Gasteiger partial charge in [-0.05, 0) is 18.6 Å². The van der Waals surface area contributed by atoms with Crippen molar-refractivity contribution < 1.29 is 18.3 Å². The van der Waals surface area contributed by atoms with Gasteiger partial charge in [-0.25, -0.2) is 0 Å². The van der Waals surface area contributed by atoms with Gasteiger partial charge in [0.15, 0.2) is 5.60 Å². The first-order valence-corrected chi connectivity index (χ1v) is 6.64. The lowest BCUT2D eigenvalue weighted by Crippen LogP contribution is -2.53. The highest BCUT2D eigenvalue weighted by molar-refractivity contribution is 7.99. The Labute approximate surface area is 98.2 Å². The number of alkyl halides is 3. The first-order valence-electron chi connectivity index (χ1n) is 5.48. The Kier molecular flexibility index (Phi) is 4.94. The maximum Gasteiger partial charge on any atom is 0.417 e. The Balaban J connectivity index is 2.33. The molecule has 0 aromatic heterocycles. The van der Waals surface area contributed by atoms with E-state index in [2.05, 4.69) is 6.92 Å². The van der Waals surface area contributed by atoms with E-state index in [9.17, 15) is 18.3 Å². The fourth-order valence-corrected chi connectivity index (χ4v) is 2.44.